The van der Waals surface area contributed by atoms with Crippen LogP contribution >= 0.6 is 7.82 Å². The van der Waals surface area contributed by atoms with Crippen LogP contribution in [0.5, 0.6) is 0 Å². The van der Waals surface area contributed by atoms with Crippen LogP contribution in [0.4, 0.5) is 0 Å². The molecule has 8 nitrogen and oxygen atoms in total. The zero-order valence-corrected chi connectivity index (χ0v) is 36.4. The Balaban J connectivity index is 3.88. The van der Waals surface area contributed by atoms with Crippen molar-refractivity contribution in [1.29, 1.82) is 0 Å². The molecule has 0 spiro atoms. The molecule has 0 fully saturated rings. The molecule has 0 rings (SSSR count). The maximum Gasteiger partial charge on any atom is 0.472 e. The van der Waals surface area contributed by atoms with Crippen molar-refractivity contribution in [2.24, 2.45) is 5.73 Å². The maximum atomic E-state index is 12.5. The molecule has 0 heterocycles. The van der Waals surface area contributed by atoms with E-state index < -0.39 is 13.9 Å². The average molecular weight is 786 g/mol. The van der Waals surface area contributed by atoms with E-state index in [-0.39, 0.29) is 32.3 Å². The molecule has 2 unspecified atom stereocenters. The summed E-state index contributed by atoms with van der Waals surface area (Å²) in [4.78, 5) is 22.4. The number of rotatable bonds is 44. The lowest BCUT2D eigenvalue weighted by atomic mass is 10.0. The third kappa shape index (κ3) is 42.1. The van der Waals surface area contributed by atoms with E-state index in [4.69, 9.17) is 24.3 Å². The van der Waals surface area contributed by atoms with Crippen molar-refractivity contribution in [3.8, 4) is 0 Å². The Hall–Kier alpha value is -1.02. The lowest BCUT2D eigenvalue weighted by molar-refractivity contribution is -0.154. The molecular formula is C45H88NO7P. The van der Waals surface area contributed by atoms with E-state index in [0.29, 0.717) is 13.0 Å². The molecule has 0 aromatic carbocycles. The van der Waals surface area contributed by atoms with Crippen LogP contribution in [0.2, 0.25) is 0 Å². The lowest BCUT2D eigenvalue weighted by Crippen LogP contribution is -2.28. The molecular weight excluding hydrogens is 697 g/mol. The number of phosphoric acid groups is 1. The van der Waals surface area contributed by atoms with Gasteiger partial charge in [-0.05, 0) is 57.8 Å². The van der Waals surface area contributed by atoms with Gasteiger partial charge >= 0.3 is 13.8 Å². The molecule has 54 heavy (non-hydrogen) atoms. The number of allylic oxidation sites excluding steroid dienone is 4. The van der Waals surface area contributed by atoms with E-state index in [2.05, 4.69) is 38.2 Å². The van der Waals surface area contributed by atoms with Gasteiger partial charge in [0.1, 0.15) is 6.10 Å². The van der Waals surface area contributed by atoms with Crippen LogP contribution in [0.25, 0.3) is 0 Å². The summed E-state index contributed by atoms with van der Waals surface area (Å²) in [5.41, 5.74) is 5.37. The van der Waals surface area contributed by atoms with Crippen LogP contribution in [0.15, 0.2) is 24.3 Å². The molecule has 9 heteroatoms. The molecule has 3 N–H and O–H groups in total. The summed E-state index contributed by atoms with van der Waals surface area (Å²) in [6.45, 7) is 4.90. The second-order valence-electron chi connectivity index (χ2n) is 15.3. The minimum atomic E-state index is -4.27. The third-order valence-electron chi connectivity index (χ3n) is 9.84. The van der Waals surface area contributed by atoms with Crippen molar-refractivity contribution in [3.05, 3.63) is 24.3 Å². The summed E-state index contributed by atoms with van der Waals surface area (Å²) >= 11 is 0. The zero-order valence-electron chi connectivity index (χ0n) is 35.5. The Kier molecular flexibility index (Phi) is 42.3. The third-order valence-corrected chi connectivity index (χ3v) is 10.8. The molecule has 0 amide bonds. The largest absolute Gasteiger partial charge is 0.472 e. The van der Waals surface area contributed by atoms with Crippen molar-refractivity contribution in [1.82, 2.24) is 0 Å². The van der Waals surface area contributed by atoms with Crippen molar-refractivity contribution < 1.29 is 32.8 Å². The van der Waals surface area contributed by atoms with Gasteiger partial charge in [0, 0.05) is 19.6 Å². The predicted molar refractivity (Wildman–Crippen MR) is 229 cm³/mol. The number of carbonyl (C=O) groups is 1. The van der Waals surface area contributed by atoms with Gasteiger partial charge in [0.25, 0.3) is 0 Å². The van der Waals surface area contributed by atoms with E-state index in [1.54, 1.807) is 0 Å². The van der Waals surface area contributed by atoms with Gasteiger partial charge in [0.15, 0.2) is 0 Å². The topological polar surface area (TPSA) is 117 Å². The van der Waals surface area contributed by atoms with Gasteiger partial charge in [0.05, 0.1) is 19.8 Å². The van der Waals surface area contributed by atoms with E-state index in [1.165, 1.54) is 154 Å². The van der Waals surface area contributed by atoms with Crippen molar-refractivity contribution in [2.75, 3.05) is 33.0 Å². The molecule has 320 valence electrons. The first-order chi connectivity index (χ1) is 26.4. The molecule has 0 saturated carbocycles. The number of unbranched alkanes of at least 4 members (excludes halogenated alkanes) is 27. The molecule has 0 aliphatic heterocycles. The molecule has 0 aliphatic rings. The summed E-state index contributed by atoms with van der Waals surface area (Å²) in [6.07, 6.45) is 47.8. The Morgan fingerprint density at radius 3 is 1.41 bits per heavy atom. The minimum Gasteiger partial charge on any atom is -0.457 e. The number of esters is 1. The molecule has 0 aliphatic carbocycles. The molecule has 0 bridgehead atoms. The Bertz CT molecular complexity index is 884. The molecule has 0 radical (unpaired) electrons. The lowest BCUT2D eigenvalue weighted by Gasteiger charge is -2.20. The van der Waals surface area contributed by atoms with Crippen molar-refractivity contribution in [2.45, 2.75) is 225 Å². The molecule has 2 atom stereocenters. The Labute approximate surface area is 334 Å². The fourth-order valence-corrected chi connectivity index (χ4v) is 7.21. The van der Waals surface area contributed by atoms with Gasteiger partial charge in [-0.3, -0.25) is 13.8 Å². The van der Waals surface area contributed by atoms with Crippen LogP contribution in [-0.2, 0) is 27.9 Å². The number of phosphoric ester groups is 1. The second kappa shape index (κ2) is 43.1. The van der Waals surface area contributed by atoms with Gasteiger partial charge in [-0.25, -0.2) is 4.57 Å². The monoisotopic (exact) mass is 786 g/mol. The smallest absolute Gasteiger partial charge is 0.457 e. The van der Waals surface area contributed by atoms with Crippen LogP contribution in [-0.4, -0.2) is 49.9 Å². The van der Waals surface area contributed by atoms with E-state index in [1.807, 2.05) is 0 Å². The van der Waals surface area contributed by atoms with Crippen LogP contribution in [0, 0.1) is 0 Å². The van der Waals surface area contributed by atoms with Gasteiger partial charge in [0.2, 0.25) is 0 Å². The first kappa shape index (κ1) is 53.0. The number of hydrogen-bond donors (Lipinski definition) is 2. The fourth-order valence-electron chi connectivity index (χ4n) is 6.44. The number of ether oxygens (including phenoxy) is 2. The number of carbonyl (C=O) groups excluding carboxylic acids is 1. The normalized spacial score (nSPS) is 13.6. The fraction of sp³-hybridized carbons (Fsp3) is 0.889. The Morgan fingerprint density at radius 2 is 0.944 bits per heavy atom. The summed E-state index contributed by atoms with van der Waals surface area (Å²) in [5.74, 6) is -0.339. The van der Waals surface area contributed by atoms with Crippen LogP contribution < -0.4 is 5.73 Å². The standard InChI is InChI=1S/C45H88NO7P/c1-3-5-7-9-11-13-15-16-17-18-19-20-21-22-23-24-25-26-27-29-31-33-35-37-40-50-42-44(43-52-54(48,49)51-41-39-46)53-45(47)38-36-34-32-30-28-14-12-10-8-6-4-2/h10,12,18-19,44H,3-9,11,13-17,20-43,46H2,1-2H3,(H,48,49)/b12-10-,19-18-. The highest BCUT2D eigenvalue weighted by atomic mass is 31.2. The summed E-state index contributed by atoms with van der Waals surface area (Å²) in [7, 11) is -4.27. The predicted octanol–water partition coefficient (Wildman–Crippen LogP) is 13.6. The maximum absolute atomic E-state index is 12.5. The first-order valence-corrected chi connectivity index (χ1v) is 24.3. The highest BCUT2D eigenvalue weighted by Gasteiger charge is 2.25. The van der Waals surface area contributed by atoms with Gasteiger partial charge in [-0.1, -0.05) is 179 Å². The van der Waals surface area contributed by atoms with Crippen molar-refractivity contribution in [3.63, 3.8) is 0 Å². The summed E-state index contributed by atoms with van der Waals surface area (Å²) in [6, 6.07) is 0. The van der Waals surface area contributed by atoms with E-state index >= 15 is 0 Å². The summed E-state index contributed by atoms with van der Waals surface area (Å²) < 4.78 is 33.4. The summed E-state index contributed by atoms with van der Waals surface area (Å²) in [5, 5.41) is 0. The van der Waals surface area contributed by atoms with E-state index in [0.717, 1.165) is 44.9 Å². The van der Waals surface area contributed by atoms with Gasteiger partial charge in [-0.15, -0.1) is 0 Å². The van der Waals surface area contributed by atoms with E-state index in [9.17, 15) is 14.3 Å². The van der Waals surface area contributed by atoms with Crippen LogP contribution in [0.3, 0.4) is 0 Å². The van der Waals surface area contributed by atoms with Crippen molar-refractivity contribution >= 4 is 13.8 Å². The zero-order chi connectivity index (χ0) is 39.5. The van der Waals surface area contributed by atoms with Crippen LogP contribution in [0.1, 0.15) is 219 Å². The Morgan fingerprint density at radius 1 is 0.537 bits per heavy atom. The number of hydrogen-bond acceptors (Lipinski definition) is 7. The van der Waals surface area contributed by atoms with Gasteiger partial charge in [-0.2, -0.15) is 0 Å². The molecule has 0 aromatic heterocycles. The first-order valence-electron chi connectivity index (χ1n) is 22.8. The average Bonchev–Trinajstić information content (AvgIpc) is 3.16. The quantitative estimate of drug-likeness (QED) is 0.0271. The highest BCUT2D eigenvalue weighted by Crippen LogP contribution is 2.43. The molecule has 0 saturated heterocycles. The highest BCUT2D eigenvalue weighted by molar-refractivity contribution is 7.47. The molecule has 0 aromatic rings. The second-order valence-corrected chi connectivity index (χ2v) is 16.7. The minimum absolute atomic E-state index is 0.0956. The number of nitrogens with two attached hydrogens (primary N) is 1. The SMILES string of the molecule is CCCC/C=C\CCCCCCCC(=O)OC(COCCCCCCCCCCCCCC/C=C\CCCCCCCCCC)COP(=O)(O)OCCN. The van der Waals surface area contributed by atoms with Gasteiger partial charge < -0.3 is 20.1 Å².